The van der Waals surface area contributed by atoms with Crippen molar-refractivity contribution >= 4 is 17.7 Å². The molecule has 1 aromatic carbocycles. The molecule has 4 heteroatoms. The molecule has 0 fully saturated rings. The van der Waals surface area contributed by atoms with E-state index in [9.17, 15) is 4.79 Å². The molecule has 86 valence electrons. The van der Waals surface area contributed by atoms with Gasteiger partial charge in [-0.05, 0) is 30.7 Å². The molecule has 0 aliphatic carbocycles. The zero-order valence-corrected chi connectivity index (χ0v) is 9.18. The van der Waals surface area contributed by atoms with Gasteiger partial charge in [-0.25, -0.2) is 0 Å². The SMILES string of the molecule is C[C@@H](O)CNC(=O)/C=C/c1cccc(N)c1. The van der Waals surface area contributed by atoms with Gasteiger partial charge in [0.05, 0.1) is 6.10 Å². The number of amides is 1. The summed E-state index contributed by atoms with van der Waals surface area (Å²) in [5.41, 5.74) is 7.12. The van der Waals surface area contributed by atoms with E-state index in [-0.39, 0.29) is 12.5 Å². The second-order valence-electron chi connectivity index (χ2n) is 3.60. The summed E-state index contributed by atoms with van der Waals surface area (Å²) in [4.78, 5) is 11.3. The van der Waals surface area contributed by atoms with Crippen LogP contribution < -0.4 is 11.1 Å². The average molecular weight is 220 g/mol. The highest BCUT2D eigenvalue weighted by Gasteiger charge is 1.98. The lowest BCUT2D eigenvalue weighted by Crippen LogP contribution is -2.28. The summed E-state index contributed by atoms with van der Waals surface area (Å²) in [6.45, 7) is 1.86. The van der Waals surface area contributed by atoms with Gasteiger partial charge in [0, 0.05) is 18.3 Å². The highest BCUT2D eigenvalue weighted by molar-refractivity contribution is 5.91. The van der Waals surface area contributed by atoms with Crippen molar-refractivity contribution in [2.24, 2.45) is 0 Å². The van der Waals surface area contributed by atoms with Gasteiger partial charge in [0.25, 0.3) is 0 Å². The van der Waals surface area contributed by atoms with Crippen molar-refractivity contribution in [1.29, 1.82) is 0 Å². The number of anilines is 1. The highest BCUT2D eigenvalue weighted by Crippen LogP contribution is 2.07. The van der Waals surface area contributed by atoms with E-state index in [0.717, 1.165) is 5.56 Å². The molecule has 1 atom stereocenters. The summed E-state index contributed by atoms with van der Waals surface area (Å²) in [5.74, 6) is -0.233. The van der Waals surface area contributed by atoms with Crippen LogP contribution in [0, 0.1) is 0 Å². The number of benzene rings is 1. The van der Waals surface area contributed by atoms with Crippen molar-refractivity contribution in [3.05, 3.63) is 35.9 Å². The summed E-state index contributed by atoms with van der Waals surface area (Å²) >= 11 is 0. The Bertz CT molecular complexity index is 386. The number of rotatable bonds is 4. The molecule has 16 heavy (non-hydrogen) atoms. The Morgan fingerprint density at radius 1 is 1.62 bits per heavy atom. The van der Waals surface area contributed by atoms with Crippen molar-refractivity contribution in [1.82, 2.24) is 5.32 Å². The molecule has 1 amide bonds. The molecule has 0 aliphatic rings. The second kappa shape index (κ2) is 5.92. The predicted molar refractivity (Wildman–Crippen MR) is 64.6 cm³/mol. The third kappa shape index (κ3) is 4.61. The Morgan fingerprint density at radius 3 is 3.00 bits per heavy atom. The lowest BCUT2D eigenvalue weighted by Gasteiger charge is -2.03. The van der Waals surface area contributed by atoms with Gasteiger partial charge in [0.15, 0.2) is 0 Å². The van der Waals surface area contributed by atoms with Crippen LogP contribution in [0.1, 0.15) is 12.5 Å². The number of hydrogen-bond donors (Lipinski definition) is 3. The van der Waals surface area contributed by atoms with E-state index < -0.39 is 6.10 Å². The van der Waals surface area contributed by atoms with Gasteiger partial charge in [-0.2, -0.15) is 0 Å². The van der Waals surface area contributed by atoms with Crippen molar-refractivity contribution in [3.63, 3.8) is 0 Å². The van der Waals surface area contributed by atoms with Gasteiger partial charge in [-0.3, -0.25) is 4.79 Å². The average Bonchev–Trinajstić information content (AvgIpc) is 2.23. The first-order valence-electron chi connectivity index (χ1n) is 5.07. The van der Waals surface area contributed by atoms with Gasteiger partial charge < -0.3 is 16.2 Å². The Hall–Kier alpha value is -1.81. The number of carbonyl (C=O) groups is 1. The summed E-state index contributed by atoms with van der Waals surface area (Å²) in [6.07, 6.45) is 2.55. The maximum atomic E-state index is 11.3. The van der Waals surface area contributed by atoms with Gasteiger partial charge >= 0.3 is 0 Å². The Labute approximate surface area is 94.8 Å². The van der Waals surface area contributed by atoms with Crippen molar-refractivity contribution in [2.75, 3.05) is 12.3 Å². The molecular weight excluding hydrogens is 204 g/mol. The number of nitrogens with two attached hydrogens (primary N) is 1. The first kappa shape index (κ1) is 12.3. The molecule has 0 heterocycles. The van der Waals surface area contributed by atoms with E-state index in [1.54, 1.807) is 25.1 Å². The fourth-order valence-corrected chi connectivity index (χ4v) is 1.14. The van der Waals surface area contributed by atoms with Crippen LogP contribution in [0.4, 0.5) is 5.69 Å². The molecule has 1 aromatic rings. The lowest BCUT2D eigenvalue weighted by molar-refractivity contribution is -0.116. The predicted octanol–water partition coefficient (Wildman–Crippen LogP) is 0.779. The summed E-state index contributed by atoms with van der Waals surface area (Å²) in [5, 5.41) is 11.5. The lowest BCUT2D eigenvalue weighted by atomic mass is 10.2. The molecule has 0 saturated carbocycles. The zero-order chi connectivity index (χ0) is 12.0. The van der Waals surface area contributed by atoms with E-state index in [4.69, 9.17) is 10.8 Å². The van der Waals surface area contributed by atoms with Crippen molar-refractivity contribution in [2.45, 2.75) is 13.0 Å². The molecular formula is C12H16N2O2. The molecule has 0 spiro atoms. The maximum absolute atomic E-state index is 11.3. The number of aliphatic hydroxyl groups is 1. The van der Waals surface area contributed by atoms with Crippen molar-refractivity contribution < 1.29 is 9.90 Å². The van der Waals surface area contributed by atoms with Crippen LogP contribution in [-0.4, -0.2) is 23.7 Å². The van der Waals surface area contributed by atoms with Crippen LogP contribution in [0.25, 0.3) is 6.08 Å². The van der Waals surface area contributed by atoms with Crippen LogP contribution in [0.5, 0.6) is 0 Å². The molecule has 4 nitrogen and oxygen atoms in total. The molecule has 4 N–H and O–H groups in total. The largest absolute Gasteiger partial charge is 0.399 e. The van der Waals surface area contributed by atoms with Gasteiger partial charge in [0.1, 0.15) is 0 Å². The standard InChI is InChI=1S/C12H16N2O2/c1-9(15)8-14-12(16)6-5-10-3-2-4-11(13)7-10/h2-7,9,15H,8,13H2,1H3,(H,14,16)/b6-5+/t9-/m1/s1. The molecule has 0 aliphatic heterocycles. The fraction of sp³-hybridized carbons (Fsp3) is 0.250. The normalized spacial score (nSPS) is 12.6. The summed E-state index contributed by atoms with van der Waals surface area (Å²) in [6, 6.07) is 7.24. The number of nitrogens with one attached hydrogen (secondary N) is 1. The highest BCUT2D eigenvalue weighted by atomic mass is 16.3. The molecule has 0 saturated heterocycles. The quantitative estimate of drug-likeness (QED) is 0.518. The monoisotopic (exact) mass is 220 g/mol. The Kier molecular flexibility index (Phi) is 4.54. The van der Waals surface area contributed by atoms with E-state index in [1.807, 2.05) is 12.1 Å². The van der Waals surface area contributed by atoms with E-state index in [0.29, 0.717) is 5.69 Å². The third-order valence-electron chi connectivity index (χ3n) is 1.91. The van der Waals surface area contributed by atoms with E-state index in [1.165, 1.54) is 6.08 Å². The fourth-order valence-electron chi connectivity index (χ4n) is 1.14. The number of nitrogen functional groups attached to an aromatic ring is 1. The number of aliphatic hydroxyl groups excluding tert-OH is 1. The summed E-state index contributed by atoms with van der Waals surface area (Å²) in [7, 11) is 0. The molecule has 0 unspecified atom stereocenters. The molecule has 0 radical (unpaired) electrons. The van der Waals surface area contributed by atoms with Gasteiger partial charge in [-0.15, -0.1) is 0 Å². The van der Waals surface area contributed by atoms with Crippen molar-refractivity contribution in [3.8, 4) is 0 Å². The smallest absolute Gasteiger partial charge is 0.244 e. The van der Waals surface area contributed by atoms with Crippen LogP contribution >= 0.6 is 0 Å². The van der Waals surface area contributed by atoms with E-state index >= 15 is 0 Å². The topological polar surface area (TPSA) is 75.3 Å². The minimum absolute atomic E-state index is 0.233. The van der Waals surface area contributed by atoms with Crippen LogP contribution in [0.3, 0.4) is 0 Å². The molecule has 0 aromatic heterocycles. The maximum Gasteiger partial charge on any atom is 0.244 e. The van der Waals surface area contributed by atoms with E-state index in [2.05, 4.69) is 5.32 Å². The first-order valence-corrected chi connectivity index (χ1v) is 5.07. The molecule has 1 rings (SSSR count). The third-order valence-corrected chi connectivity index (χ3v) is 1.91. The summed E-state index contributed by atoms with van der Waals surface area (Å²) < 4.78 is 0. The van der Waals surface area contributed by atoms with Gasteiger partial charge in [-0.1, -0.05) is 12.1 Å². The first-order chi connectivity index (χ1) is 7.58. The molecule has 0 bridgehead atoms. The van der Waals surface area contributed by atoms with Crippen LogP contribution in [0.2, 0.25) is 0 Å². The van der Waals surface area contributed by atoms with Crippen LogP contribution in [0.15, 0.2) is 30.3 Å². The Balaban J connectivity index is 2.50. The second-order valence-corrected chi connectivity index (χ2v) is 3.60. The number of hydrogen-bond acceptors (Lipinski definition) is 3. The Morgan fingerprint density at radius 2 is 2.38 bits per heavy atom. The minimum atomic E-state index is -0.537. The minimum Gasteiger partial charge on any atom is -0.399 e. The number of carbonyl (C=O) groups excluding carboxylic acids is 1. The van der Waals surface area contributed by atoms with Crippen LogP contribution in [-0.2, 0) is 4.79 Å². The zero-order valence-electron chi connectivity index (χ0n) is 9.18. The van der Waals surface area contributed by atoms with Gasteiger partial charge in [0.2, 0.25) is 5.91 Å².